The number of H-pyrrole nitrogens is 1. The first kappa shape index (κ1) is 22.1. The van der Waals surface area contributed by atoms with Crippen LogP contribution in [0.1, 0.15) is 30.3 Å². The summed E-state index contributed by atoms with van der Waals surface area (Å²) < 4.78 is 10.2. The molecule has 3 aliphatic heterocycles. The number of piperidine rings is 2. The summed E-state index contributed by atoms with van der Waals surface area (Å²) in [5, 5.41) is 3.21. The Morgan fingerprint density at radius 1 is 1.06 bits per heavy atom. The molecule has 34 heavy (non-hydrogen) atoms. The number of piperazine rings is 1. The predicted molar refractivity (Wildman–Crippen MR) is 127 cm³/mol. The molecule has 3 aliphatic rings. The average Bonchev–Trinajstić information content (AvgIpc) is 3.32. The maximum Gasteiger partial charge on any atom is 0.409 e. The number of rotatable bonds is 5. The standard InChI is InChI=1S/C25H29N5O4/c1-33-19-11-7-16(8-12-19)13-22(23-26-20-5-3-4-6-21(20)27-23)28-24(31)29-14-18-10-9-17(29)15-30(18)25(32)34-2/h3-8,11-12,17-18,22H,9-10,13-15H2,1-2H3,(H,26,27)(H,28,31)/t17?,18?,22-/m1/s1. The minimum Gasteiger partial charge on any atom is -0.497 e. The lowest BCUT2D eigenvalue weighted by atomic mass is 9.91. The molecule has 0 saturated carbocycles. The van der Waals surface area contributed by atoms with Gasteiger partial charge < -0.3 is 29.6 Å². The lowest BCUT2D eigenvalue weighted by molar-refractivity contribution is 0.00292. The fourth-order valence-corrected chi connectivity index (χ4v) is 5.00. The molecule has 2 unspecified atom stereocenters. The third-order valence-corrected chi connectivity index (χ3v) is 6.83. The van der Waals surface area contributed by atoms with Crippen LogP contribution in [-0.4, -0.2) is 71.3 Å². The SMILES string of the molecule is COC(=O)N1CC2CCC1CN2C(=O)N[C@H](Cc1ccc(OC)cc1)c1nc2ccccc2[nH]1. The summed E-state index contributed by atoms with van der Waals surface area (Å²) >= 11 is 0. The van der Waals surface area contributed by atoms with Crippen LogP contribution in [0.2, 0.25) is 0 Å². The molecule has 3 amide bonds. The molecule has 1 aromatic heterocycles. The number of amides is 3. The van der Waals surface area contributed by atoms with E-state index in [0.717, 1.165) is 35.2 Å². The molecule has 0 aliphatic carbocycles. The highest BCUT2D eigenvalue weighted by Gasteiger charge is 2.43. The Labute approximate surface area is 198 Å². The summed E-state index contributed by atoms with van der Waals surface area (Å²) in [6, 6.07) is 15.1. The molecule has 3 saturated heterocycles. The van der Waals surface area contributed by atoms with Gasteiger partial charge in [0.25, 0.3) is 0 Å². The van der Waals surface area contributed by atoms with E-state index in [9.17, 15) is 9.59 Å². The molecule has 0 spiro atoms. The summed E-state index contributed by atoms with van der Waals surface area (Å²) in [6.45, 7) is 1.000. The molecular formula is C25H29N5O4. The highest BCUT2D eigenvalue weighted by Crippen LogP contribution is 2.30. The van der Waals surface area contributed by atoms with Gasteiger partial charge in [-0.2, -0.15) is 0 Å². The van der Waals surface area contributed by atoms with E-state index >= 15 is 0 Å². The maximum atomic E-state index is 13.4. The van der Waals surface area contributed by atoms with Gasteiger partial charge in [-0.05, 0) is 49.1 Å². The van der Waals surface area contributed by atoms with Gasteiger partial charge in [0.1, 0.15) is 11.6 Å². The van der Waals surface area contributed by atoms with E-state index in [1.807, 2.05) is 53.4 Å². The number of urea groups is 1. The molecule has 3 aromatic rings. The number of para-hydroxylation sites is 2. The number of aromatic amines is 1. The minimum absolute atomic E-state index is 0.0190. The molecule has 3 fully saturated rings. The third-order valence-electron chi connectivity index (χ3n) is 6.83. The van der Waals surface area contributed by atoms with Crippen molar-refractivity contribution in [3.63, 3.8) is 0 Å². The van der Waals surface area contributed by atoms with Crippen LogP contribution in [0.5, 0.6) is 5.75 Å². The number of imidazole rings is 1. The van der Waals surface area contributed by atoms with E-state index < -0.39 is 0 Å². The normalized spacial score (nSPS) is 20.3. The van der Waals surface area contributed by atoms with E-state index in [1.54, 1.807) is 12.0 Å². The smallest absolute Gasteiger partial charge is 0.409 e. The summed E-state index contributed by atoms with van der Waals surface area (Å²) in [7, 11) is 3.03. The molecule has 4 heterocycles. The molecular weight excluding hydrogens is 434 g/mol. The van der Waals surface area contributed by atoms with Crippen molar-refractivity contribution < 1.29 is 19.1 Å². The predicted octanol–water partition coefficient (Wildman–Crippen LogP) is 3.48. The second-order valence-corrected chi connectivity index (χ2v) is 8.85. The van der Waals surface area contributed by atoms with Gasteiger partial charge in [-0.25, -0.2) is 14.6 Å². The number of hydrogen-bond acceptors (Lipinski definition) is 5. The summed E-state index contributed by atoms with van der Waals surface area (Å²) in [4.78, 5) is 37.3. The minimum atomic E-state index is -0.342. The van der Waals surface area contributed by atoms with Crippen LogP contribution in [0.25, 0.3) is 11.0 Å². The molecule has 6 rings (SSSR count). The molecule has 178 valence electrons. The zero-order valence-corrected chi connectivity index (χ0v) is 19.4. The molecule has 2 aromatic carbocycles. The number of hydrogen-bond donors (Lipinski definition) is 2. The fraction of sp³-hybridized carbons (Fsp3) is 0.400. The first-order valence-corrected chi connectivity index (χ1v) is 11.5. The first-order valence-electron chi connectivity index (χ1n) is 11.5. The number of aromatic nitrogens is 2. The van der Waals surface area contributed by atoms with Crippen molar-refractivity contribution in [1.29, 1.82) is 0 Å². The highest BCUT2D eigenvalue weighted by atomic mass is 16.5. The molecule has 9 nitrogen and oxygen atoms in total. The van der Waals surface area contributed by atoms with Gasteiger partial charge in [0.2, 0.25) is 0 Å². The Morgan fingerprint density at radius 3 is 2.41 bits per heavy atom. The van der Waals surface area contributed by atoms with Crippen LogP contribution < -0.4 is 10.1 Å². The van der Waals surface area contributed by atoms with Crippen molar-refractivity contribution in [2.45, 2.75) is 37.4 Å². The van der Waals surface area contributed by atoms with E-state index in [2.05, 4.69) is 10.3 Å². The van der Waals surface area contributed by atoms with Crippen LogP contribution in [0.15, 0.2) is 48.5 Å². The molecule has 3 atom stereocenters. The largest absolute Gasteiger partial charge is 0.497 e. The topological polar surface area (TPSA) is 99.8 Å². The third kappa shape index (κ3) is 4.25. The fourth-order valence-electron chi connectivity index (χ4n) is 5.00. The van der Waals surface area contributed by atoms with Crippen LogP contribution >= 0.6 is 0 Å². The number of carbonyl (C=O) groups is 2. The second kappa shape index (κ2) is 9.24. The summed E-state index contributed by atoms with van der Waals surface area (Å²) in [5.74, 6) is 1.50. The van der Waals surface area contributed by atoms with Gasteiger partial charge in [0.05, 0.1) is 43.4 Å². The Morgan fingerprint density at radius 2 is 1.76 bits per heavy atom. The summed E-state index contributed by atoms with van der Waals surface area (Å²) in [5.41, 5.74) is 2.85. The monoisotopic (exact) mass is 463 g/mol. The van der Waals surface area contributed by atoms with Crippen LogP contribution in [0.3, 0.4) is 0 Å². The number of methoxy groups -OCH3 is 2. The van der Waals surface area contributed by atoms with Gasteiger partial charge >= 0.3 is 12.1 Å². The summed E-state index contributed by atoms with van der Waals surface area (Å²) in [6.07, 6.45) is 2.00. The van der Waals surface area contributed by atoms with Crippen molar-refractivity contribution >= 4 is 23.2 Å². The molecule has 2 N–H and O–H groups in total. The Balaban J connectivity index is 1.37. The molecule has 9 heteroatoms. The van der Waals surface area contributed by atoms with E-state index in [1.165, 1.54) is 7.11 Å². The quantitative estimate of drug-likeness (QED) is 0.604. The number of fused-ring (bicyclic) bond motifs is 4. The Hall–Kier alpha value is -3.75. The van der Waals surface area contributed by atoms with Crippen molar-refractivity contribution in [2.75, 3.05) is 27.3 Å². The number of nitrogens with zero attached hydrogens (tertiary/aromatic N) is 3. The highest BCUT2D eigenvalue weighted by molar-refractivity contribution is 5.77. The van der Waals surface area contributed by atoms with Crippen molar-refractivity contribution in [3.05, 3.63) is 59.9 Å². The van der Waals surface area contributed by atoms with E-state index in [4.69, 9.17) is 14.5 Å². The molecule has 0 radical (unpaired) electrons. The number of benzene rings is 2. The average molecular weight is 464 g/mol. The van der Waals surface area contributed by atoms with Crippen LogP contribution in [0.4, 0.5) is 9.59 Å². The number of carbonyl (C=O) groups excluding carboxylic acids is 2. The Kier molecular flexibility index (Phi) is 6.00. The lowest BCUT2D eigenvalue weighted by Gasteiger charge is -2.50. The molecule has 2 bridgehead atoms. The zero-order valence-electron chi connectivity index (χ0n) is 19.4. The maximum absolute atomic E-state index is 13.4. The van der Waals surface area contributed by atoms with E-state index in [0.29, 0.717) is 25.3 Å². The van der Waals surface area contributed by atoms with Crippen molar-refractivity contribution in [2.24, 2.45) is 0 Å². The van der Waals surface area contributed by atoms with Crippen molar-refractivity contribution in [3.8, 4) is 5.75 Å². The van der Waals surface area contributed by atoms with Gasteiger partial charge in [-0.3, -0.25) is 0 Å². The zero-order chi connectivity index (χ0) is 23.7. The van der Waals surface area contributed by atoms with E-state index in [-0.39, 0.29) is 30.2 Å². The lowest BCUT2D eigenvalue weighted by Crippen LogP contribution is -2.66. The van der Waals surface area contributed by atoms with Gasteiger partial charge in [-0.1, -0.05) is 24.3 Å². The first-order chi connectivity index (χ1) is 16.6. The van der Waals surface area contributed by atoms with Gasteiger partial charge in [0, 0.05) is 13.1 Å². The Bertz CT molecular complexity index is 1140. The van der Waals surface area contributed by atoms with Gasteiger partial charge in [-0.15, -0.1) is 0 Å². The number of ether oxygens (including phenoxy) is 2. The van der Waals surface area contributed by atoms with Crippen LogP contribution in [0, 0.1) is 0 Å². The van der Waals surface area contributed by atoms with Crippen molar-refractivity contribution in [1.82, 2.24) is 25.1 Å². The van der Waals surface area contributed by atoms with Crippen LogP contribution in [-0.2, 0) is 11.2 Å². The van der Waals surface area contributed by atoms with Gasteiger partial charge in [0.15, 0.2) is 0 Å². The second-order valence-electron chi connectivity index (χ2n) is 8.85. The number of nitrogens with one attached hydrogen (secondary N) is 2.